The van der Waals surface area contributed by atoms with Crippen LogP contribution >= 0.6 is 0 Å². The Bertz CT molecular complexity index is 561. The quantitative estimate of drug-likeness (QED) is 0.886. The monoisotopic (exact) mass is 247 g/mol. The van der Waals surface area contributed by atoms with Gasteiger partial charge in [0, 0.05) is 5.56 Å². The van der Waals surface area contributed by atoms with Crippen molar-refractivity contribution in [2.75, 3.05) is 6.54 Å². The van der Waals surface area contributed by atoms with Crippen LogP contribution in [-0.2, 0) is 0 Å². The highest BCUT2D eigenvalue weighted by Gasteiger charge is 2.23. The van der Waals surface area contributed by atoms with Gasteiger partial charge in [-0.05, 0) is 50.1 Å². The van der Waals surface area contributed by atoms with Crippen molar-refractivity contribution in [3.05, 3.63) is 35.5 Å². The van der Waals surface area contributed by atoms with Gasteiger partial charge in [0.2, 0.25) is 11.7 Å². The van der Waals surface area contributed by atoms with Crippen LogP contribution in [0.15, 0.2) is 22.7 Å². The first-order chi connectivity index (χ1) is 8.74. The minimum absolute atomic E-state index is 0.159. The van der Waals surface area contributed by atoms with Crippen molar-refractivity contribution in [3.8, 4) is 11.4 Å². The van der Waals surface area contributed by atoms with E-state index in [1.165, 1.54) is 12.1 Å². The van der Waals surface area contributed by atoms with Gasteiger partial charge in [-0.2, -0.15) is 4.98 Å². The summed E-state index contributed by atoms with van der Waals surface area (Å²) in [4.78, 5) is 4.39. The lowest BCUT2D eigenvalue weighted by atomic mass is 10.1. The number of hydrogen-bond donors (Lipinski definition) is 1. The van der Waals surface area contributed by atoms with E-state index in [2.05, 4.69) is 15.5 Å². The zero-order valence-electron chi connectivity index (χ0n) is 10.1. The molecule has 1 saturated heterocycles. The number of aromatic nitrogens is 2. The summed E-state index contributed by atoms with van der Waals surface area (Å²) in [7, 11) is 0. The molecule has 0 amide bonds. The molecule has 5 heteroatoms. The highest BCUT2D eigenvalue weighted by molar-refractivity contribution is 5.59. The van der Waals surface area contributed by atoms with Gasteiger partial charge in [-0.25, -0.2) is 4.39 Å². The topological polar surface area (TPSA) is 51.0 Å². The van der Waals surface area contributed by atoms with Gasteiger partial charge >= 0.3 is 0 Å². The van der Waals surface area contributed by atoms with E-state index in [0.29, 0.717) is 11.7 Å². The third-order valence-corrected chi connectivity index (χ3v) is 3.23. The lowest BCUT2D eigenvalue weighted by Gasteiger charge is -2.02. The molecule has 0 radical (unpaired) electrons. The summed E-state index contributed by atoms with van der Waals surface area (Å²) in [6.45, 7) is 2.82. The number of benzene rings is 1. The number of halogens is 1. The first-order valence-electron chi connectivity index (χ1n) is 6.07. The lowest BCUT2D eigenvalue weighted by molar-refractivity contribution is 0.345. The third-order valence-electron chi connectivity index (χ3n) is 3.23. The van der Waals surface area contributed by atoms with Crippen LogP contribution in [-0.4, -0.2) is 16.7 Å². The van der Waals surface area contributed by atoms with Gasteiger partial charge in [0.25, 0.3) is 0 Å². The number of nitrogens with one attached hydrogen (secondary N) is 1. The van der Waals surface area contributed by atoms with Crippen LogP contribution < -0.4 is 5.32 Å². The van der Waals surface area contributed by atoms with Crippen molar-refractivity contribution in [1.82, 2.24) is 15.5 Å². The molecule has 1 N–H and O–H groups in total. The molecule has 1 atom stereocenters. The molecule has 1 aliphatic rings. The molecule has 3 rings (SSSR count). The van der Waals surface area contributed by atoms with Crippen molar-refractivity contribution in [1.29, 1.82) is 0 Å². The Morgan fingerprint density at radius 1 is 1.44 bits per heavy atom. The molecule has 2 heterocycles. The molecule has 94 valence electrons. The minimum atomic E-state index is -0.252. The van der Waals surface area contributed by atoms with Gasteiger partial charge in [-0.15, -0.1) is 0 Å². The van der Waals surface area contributed by atoms with Gasteiger partial charge in [-0.3, -0.25) is 0 Å². The average Bonchev–Trinajstić information content (AvgIpc) is 2.99. The predicted octanol–water partition coefficient (Wildman–Crippen LogP) is 2.61. The Labute approximate surface area is 104 Å². The summed E-state index contributed by atoms with van der Waals surface area (Å²) >= 11 is 0. The molecule has 0 bridgehead atoms. The number of nitrogens with zero attached hydrogens (tertiary/aromatic N) is 2. The molecule has 1 unspecified atom stereocenters. The fraction of sp³-hybridized carbons (Fsp3) is 0.385. The van der Waals surface area contributed by atoms with Gasteiger partial charge < -0.3 is 9.84 Å². The van der Waals surface area contributed by atoms with Crippen molar-refractivity contribution in [2.24, 2.45) is 0 Å². The number of aryl methyl sites for hydroxylation is 1. The molecule has 0 saturated carbocycles. The lowest BCUT2D eigenvalue weighted by Crippen LogP contribution is -2.12. The summed E-state index contributed by atoms with van der Waals surface area (Å²) < 4.78 is 18.3. The van der Waals surface area contributed by atoms with E-state index in [9.17, 15) is 4.39 Å². The Kier molecular flexibility index (Phi) is 2.83. The SMILES string of the molecule is Cc1cc(F)ccc1-c1noc(C2CCCN2)n1. The van der Waals surface area contributed by atoms with E-state index in [1.54, 1.807) is 6.07 Å². The summed E-state index contributed by atoms with van der Waals surface area (Å²) in [6, 6.07) is 4.72. The molecule has 1 aromatic heterocycles. The van der Waals surface area contributed by atoms with Crippen molar-refractivity contribution < 1.29 is 8.91 Å². The zero-order chi connectivity index (χ0) is 12.5. The standard InChI is InChI=1S/C13H14FN3O/c1-8-7-9(14)4-5-10(8)12-16-13(18-17-12)11-3-2-6-15-11/h4-5,7,11,15H,2-3,6H2,1H3. The van der Waals surface area contributed by atoms with Crippen molar-refractivity contribution in [3.63, 3.8) is 0 Å². The molecule has 2 aromatic rings. The van der Waals surface area contributed by atoms with E-state index in [1.807, 2.05) is 6.92 Å². The molecule has 1 fully saturated rings. The maximum atomic E-state index is 13.0. The van der Waals surface area contributed by atoms with E-state index >= 15 is 0 Å². The van der Waals surface area contributed by atoms with E-state index in [0.717, 1.165) is 30.5 Å². The summed E-state index contributed by atoms with van der Waals surface area (Å²) in [5.41, 5.74) is 1.62. The van der Waals surface area contributed by atoms with Gasteiger partial charge in [0.15, 0.2) is 0 Å². The highest BCUT2D eigenvalue weighted by atomic mass is 19.1. The Morgan fingerprint density at radius 3 is 3.06 bits per heavy atom. The Hall–Kier alpha value is -1.75. The highest BCUT2D eigenvalue weighted by Crippen LogP contribution is 2.26. The molecular weight excluding hydrogens is 233 g/mol. The van der Waals surface area contributed by atoms with Crippen molar-refractivity contribution >= 4 is 0 Å². The maximum absolute atomic E-state index is 13.0. The van der Waals surface area contributed by atoms with Crippen LogP contribution in [0, 0.1) is 12.7 Å². The van der Waals surface area contributed by atoms with Gasteiger partial charge in [0.05, 0.1) is 6.04 Å². The third kappa shape index (κ3) is 2.01. The molecule has 4 nitrogen and oxygen atoms in total. The predicted molar refractivity (Wildman–Crippen MR) is 64.4 cm³/mol. The molecular formula is C13H14FN3O. The first-order valence-corrected chi connectivity index (χ1v) is 6.07. The van der Waals surface area contributed by atoms with E-state index in [-0.39, 0.29) is 11.9 Å². The van der Waals surface area contributed by atoms with Crippen LogP contribution in [0.4, 0.5) is 4.39 Å². The maximum Gasteiger partial charge on any atom is 0.244 e. The van der Waals surface area contributed by atoms with E-state index in [4.69, 9.17) is 4.52 Å². The molecule has 0 aliphatic carbocycles. The Morgan fingerprint density at radius 2 is 2.33 bits per heavy atom. The second-order valence-electron chi connectivity index (χ2n) is 4.56. The minimum Gasteiger partial charge on any atom is -0.337 e. The van der Waals surface area contributed by atoms with Crippen LogP contribution in [0.1, 0.15) is 30.3 Å². The molecule has 0 spiro atoms. The summed E-state index contributed by atoms with van der Waals surface area (Å²) in [6.07, 6.45) is 2.14. The van der Waals surface area contributed by atoms with Crippen LogP contribution in [0.2, 0.25) is 0 Å². The molecule has 1 aromatic carbocycles. The largest absolute Gasteiger partial charge is 0.337 e. The molecule has 1 aliphatic heterocycles. The fourth-order valence-corrected chi connectivity index (χ4v) is 2.26. The van der Waals surface area contributed by atoms with Gasteiger partial charge in [-0.1, -0.05) is 5.16 Å². The van der Waals surface area contributed by atoms with Gasteiger partial charge in [0.1, 0.15) is 5.82 Å². The Balaban J connectivity index is 1.92. The smallest absolute Gasteiger partial charge is 0.244 e. The summed E-state index contributed by atoms with van der Waals surface area (Å²) in [5, 5.41) is 7.28. The second kappa shape index (κ2) is 4.49. The normalized spacial score (nSPS) is 19.3. The fourth-order valence-electron chi connectivity index (χ4n) is 2.26. The molecule has 18 heavy (non-hydrogen) atoms. The summed E-state index contributed by atoms with van der Waals surface area (Å²) in [5.74, 6) is 0.889. The van der Waals surface area contributed by atoms with Crippen LogP contribution in [0.3, 0.4) is 0 Å². The van der Waals surface area contributed by atoms with E-state index < -0.39 is 0 Å². The number of hydrogen-bond acceptors (Lipinski definition) is 4. The zero-order valence-corrected chi connectivity index (χ0v) is 10.1. The van der Waals surface area contributed by atoms with Crippen molar-refractivity contribution in [2.45, 2.75) is 25.8 Å². The van der Waals surface area contributed by atoms with Crippen LogP contribution in [0.25, 0.3) is 11.4 Å². The van der Waals surface area contributed by atoms with Crippen LogP contribution in [0.5, 0.6) is 0 Å². The number of rotatable bonds is 2. The average molecular weight is 247 g/mol. The second-order valence-corrected chi connectivity index (χ2v) is 4.56. The first kappa shape index (κ1) is 11.3.